The Labute approximate surface area is 224 Å². The van der Waals surface area contributed by atoms with Crippen LogP contribution in [-0.4, -0.2) is 42.8 Å². The molecule has 35 heavy (non-hydrogen) atoms. The maximum atomic E-state index is 7.26. The highest BCUT2D eigenvalue weighted by Crippen LogP contribution is 2.39. The van der Waals surface area contributed by atoms with Crippen LogP contribution in [0, 0.1) is 0 Å². The molecule has 0 atom stereocenters. The van der Waals surface area contributed by atoms with E-state index in [2.05, 4.69) is 67.4 Å². The molecule has 10 heteroatoms. The van der Waals surface area contributed by atoms with Gasteiger partial charge in [-0.3, -0.25) is 0 Å². The first-order chi connectivity index (χ1) is 16.3. The first-order valence-electron chi connectivity index (χ1n) is 14.8. The van der Waals surface area contributed by atoms with E-state index >= 15 is 0 Å². The zero-order valence-corrected chi connectivity index (χ0v) is 30.1. The Morgan fingerprint density at radius 2 is 0.457 bits per heavy atom. The van der Waals surface area contributed by atoms with Crippen molar-refractivity contribution in [2.24, 2.45) is 0 Å². The minimum absolute atomic E-state index is 1.03. The van der Waals surface area contributed by atoms with Gasteiger partial charge in [-0.1, -0.05) is 98.8 Å². The quantitative estimate of drug-likeness (QED) is 0.180. The molecule has 210 valence electrons. The van der Waals surface area contributed by atoms with Crippen molar-refractivity contribution < 1.29 is 20.6 Å². The molecule has 0 aromatic rings. The van der Waals surface area contributed by atoms with Gasteiger partial charge in [-0.15, -0.1) is 0 Å². The first kappa shape index (κ1) is 33.9. The van der Waals surface area contributed by atoms with Gasteiger partial charge in [-0.25, -0.2) is 0 Å². The fraction of sp³-hybridized carbons (Fsp3) is 1.00. The molecule has 1 saturated heterocycles. The van der Waals surface area contributed by atoms with Crippen LogP contribution in [0.3, 0.4) is 0 Å². The van der Waals surface area contributed by atoms with Gasteiger partial charge in [0, 0.05) is 0 Å². The number of hydrogen-bond donors (Lipinski definition) is 0. The summed E-state index contributed by atoms with van der Waals surface area (Å²) in [7, 11) is -12.5. The molecule has 0 unspecified atom stereocenters. The second-order valence-corrected chi connectivity index (χ2v) is 29.6. The third-order valence-electron chi connectivity index (χ3n) is 7.08. The van der Waals surface area contributed by atoms with E-state index in [1.54, 1.807) is 0 Å². The molecule has 0 bridgehead atoms. The number of unbranched alkanes of at least 4 members (excludes halogenated alkanes) is 5. The van der Waals surface area contributed by atoms with E-state index in [-0.39, 0.29) is 0 Å². The molecule has 0 N–H and O–H groups in total. The summed E-state index contributed by atoms with van der Waals surface area (Å²) in [6, 6.07) is 5.14. The normalized spacial score (nSPS) is 36.9. The maximum absolute atomic E-state index is 7.26. The lowest BCUT2D eigenvalue weighted by Gasteiger charge is -2.50. The third-order valence-corrected chi connectivity index (χ3v) is 30.7. The van der Waals surface area contributed by atoms with Crippen molar-refractivity contribution in [2.45, 2.75) is 162 Å². The fourth-order valence-corrected chi connectivity index (χ4v) is 35.4. The van der Waals surface area contributed by atoms with Crippen LogP contribution in [0.1, 0.15) is 98.8 Å². The van der Waals surface area contributed by atoms with Gasteiger partial charge in [0.05, 0.1) is 0 Å². The van der Waals surface area contributed by atoms with Gasteiger partial charge in [0.15, 0.2) is 0 Å². The average molecular weight is 581 g/mol. The summed E-state index contributed by atoms with van der Waals surface area (Å²) in [6.45, 7) is 22.9. The van der Waals surface area contributed by atoms with E-state index in [0.717, 1.165) is 94.4 Å². The molecule has 0 saturated carbocycles. The lowest BCUT2D eigenvalue weighted by atomic mass is 10.4. The Morgan fingerprint density at radius 1 is 0.314 bits per heavy atom. The van der Waals surface area contributed by atoms with E-state index in [4.69, 9.17) is 20.6 Å². The highest BCUT2D eigenvalue weighted by Gasteiger charge is 2.56. The smallest absolute Gasteiger partial charge is 0.317 e. The molecule has 0 aromatic heterocycles. The topological polar surface area (TPSA) is 46.2 Å². The summed E-state index contributed by atoms with van der Waals surface area (Å²) in [6.07, 6.45) is 11.5. The number of rotatable bonds is 15. The van der Waals surface area contributed by atoms with Gasteiger partial charge in [0.2, 0.25) is 0 Å². The van der Waals surface area contributed by atoms with Crippen LogP contribution in [-0.2, 0) is 20.6 Å². The molecule has 1 rings (SSSR count). The van der Waals surface area contributed by atoms with Crippen molar-refractivity contribution in [2.75, 3.05) is 0 Å². The Bertz CT molecular complexity index is 468. The minimum Gasteiger partial charge on any atom is -0.416 e. The van der Waals surface area contributed by atoms with Crippen molar-refractivity contribution in [3.63, 3.8) is 0 Å². The van der Waals surface area contributed by atoms with Crippen molar-refractivity contribution in [1.29, 1.82) is 0 Å². The summed E-state index contributed by atoms with van der Waals surface area (Å²) in [5.41, 5.74) is 0. The van der Waals surface area contributed by atoms with Crippen LogP contribution in [0.5, 0.6) is 0 Å². The monoisotopic (exact) mass is 580 g/mol. The second-order valence-electron chi connectivity index (χ2n) is 11.7. The van der Waals surface area contributed by atoms with Crippen molar-refractivity contribution in [3.05, 3.63) is 0 Å². The molecule has 1 aliphatic rings. The molecule has 0 amide bonds. The van der Waals surface area contributed by atoms with Gasteiger partial charge in [-0.05, 0) is 63.0 Å². The van der Waals surface area contributed by atoms with Crippen LogP contribution in [0.2, 0.25) is 63.0 Å². The highest BCUT2D eigenvalue weighted by atomic mass is 28.5. The highest BCUT2D eigenvalue weighted by molar-refractivity contribution is 6.94. The standard InChI is InChI=1S/C25H60O5Si5/c1-11-16-21-31(6)26-32(7,22-17-12-2)28-34(9,24-19-14-4)30-35(10,25-20-15-5)29-33(8,27-31)23-18-13-3/h11-25H2,1-10H3. The largest absolute Gasteiger partial charge is 0.416 e. The van der Waals surface area contributed by atoms with E-state index in [1.807, 2.05) is 0 Å². The van der Waals surface area contributed by atoms with Crippen molar-refractivity contribution >= 4 is 42.8 Å². The Balaban J connectivity index is 3.62. The van der Waals surface area contributed by atoms with Crippen LogP contribution in [0.4, 0.5) is 0 Å². The third kappa shape index (κ3) is 12.1. The molecule has 0 spiro atoms. The summed E-state index contributed by atoms with van der Waals surface area (Å²) in [4.78, 5) is 0. The molecule has 5 nitrogen and oxygen atoms in total. The van der Waals surface area contributed by atoms with Gasteiger partial charge in [0.1, 0.15) is 0 Å². The molecule has 0 aromatic carbocycles. The predicted molar refractivity (Wildman–Crippen MR) is 162 cm³/mol. The molecule has 1 heterocycles. The van der Waals surface area contributed by atoms with Gasteiger partial charge < -0.3 is 20.6 Å². The Hall–Kier alpha value is 0.884. The molecule has 0 aliphatic carbocycles. The lowest BCUT2D eigenvalue weighted by molar-refractivity contribution is 0.221. The van der Waals surface area contributed by atoms with Crippen molar-refractivity contribution in [1.82, 2.24) is 0 Å². The second kappa shape index (κ2) is 15.5. The average Bonchev–Trinajstić information content (AvgIpc) is 2.76. The van der Waals surface area contributed by atoms with Gasteiger partial charge in [-0.2, -0.15) is 0 Å². The maximum Gasteiger partial charge on any atom is 0.317 e. The van der Waals surface area contributed by atoms with Crippen LogP contribution < -0.4 is 0 Å². The first-order valence-corrected chi connectivity index (χ1v) is 27.5. The molecular formula is C25H60O5Si5. The van der Waals surface area contributed by atoms with Crippen LogP contribution >= 0.6 is 0 Å². The number of hydrogen-bond acceptors (Lipinski definition) is 5. The lowest BCUT2D eigenvalue weighted by Crippen LogP contribution is -2.67. The summed E-state index contributed by atoms with van der Waals surface area (Å²) < 4.78 is 36.3. The summed E-state index contributed by atoms with van der Waals surface area (Å²) >= 11 is 0. The minimum atomic E-state index is -2.49. The summed E-state index contributed by atoms with van der Waals surface area (Å²) in [5, 5.41) is 0. The van der Waals surface area contributed by atoms with Crippen molar-refractivity contribution in [3.8, 4) is 0 Å². The van der Waals surface area contributed by atoms with E-state index in [1.165, 1.54) is 0 Å². The zero-order valence-electron chi connectivity index (χ0n) is 25.1. The predicted octanol–water partition coefficient (Wildman–Crippen LogP) is 9.44. The zero-order chi connectivity index (χ0) is 26.6. The Morgan fingerprint density at radius 3 is 0.571 bits per heavy atom. The molecular weight excluding hydrogens is 521 g/mol. The van der Waals surface area contributed by atoms with E-state index in [0.29, 0.717) is 0 Å². The Kier molecular flexibility index (Phi) is 15.0. The van der Waals surface area contributed by atoms with Crippen LogP contribution in [0.25, 0.3) is 0 Å². The SMILES string of the molecule is CCCC[Si]1(C)O[Si](C)(CCCC)O[Si](C)(CCCC)O[Si](C)(CCCC)O[Si](C)(CCCC)O1. The molecule has 1 aliphatic heterocycles. The molecule has 0 radical (unpaired) electrons. The van der Waals surface area contributed by atoms with E-state index < -0.39 is 42.8 Å². The van der Waals surface area contributed by atoms with Crippen LogP contribution in [0.15, 0.2) is 0 Å². The van der Waals surface area contributed by atoms with Gasteiger partial charge in [0.25, 0.3) is 0 Å². The van der Waals surface area contributed by atoms with E-state index in [9.17, 15) is 0 Å². The summed E-state index contributed by atoms with van der Waals surface area (Å²) in [5.74, 6) is 0. The molecule has 1 fully saturated rings. The fourth-order valence-electron chi connectivity index (χ4n) is 5.39. The van der Waals surface area contributed by atoms with Gasteiger partial charge >= 0.3 is 42.8 Å².